The SMILES string of the molecule is NC1=NOC(c2cc(Cl)cc(Cl)c2)(C(F)(F)Cl)C1. The van der Waals surface area contributed by atoms with Gasteiger partial charge in [0.15, 0.2) is 0 Å². The smallest absolute Gasteiger partial charge is 0.368 e. The Hall–Kier alpha value is -0.780. The first-order chi connectivity index (χ1) is 8.24. The molecule has 1 aromatic carbocycles. The van der Waals surface area contributed by atoms with E-state index in [1.54, 1.807) is 0 Å². The molecule has 0 fully saturated rings. The van der Waals surface area contributed by atoms with Crippen LogP contribution < -0.4 is 5.73 Å². The largest absolute Gasteiger partial charge is 0.384 e. The molecule has 1 unspecified atom stereocenters. The number of benzene rings is 1. The van der Waals surface area contributed by atoms with Crippen molar-refractivity contribution in [3.05, 3.63) is 33.8 Å². The highest BCUT2D eigenvalue weighted by Crippen LogP contribution is 2.49. The number of hydrogen-bond acceptors (Lipinski definition) is 3. The molecule has 0 saturated carbocycles. The Morgan fingerprint density at radius 3 is 2.22 bits per heavy atom. The maximum atomic E-state index is 13.6. The summed E-state index contributed by atoms with van der Waals surface area (Å²) in [6, 6.07) is 3.99. The fourth-order valence-corrected chi connectivity index (χ4v) is 2.45. The van der Waals surface area contributed by atoms with Gasteiger partial charge in [0.2, 0.25) is 5.60 Å². The zero-order valence-corrected chi connectivity index (χ0v) is 11.0. The first kappa shape index (κ1) is 13.6. The molecular formula is C10H7Cl3F2N2O. The van der Waals surface area contributed by atoms with Crippen molar-refractivity contribution in [1.82, 2.24) is 0 Å². The van der Waals surface area contributed by atoms with Gasteiger partial charge >= 0.3 is 5.38 Å². The van der Waals surface area contributed by atoms with E-state index in [1.807, 2.05) is 0 Å². The quantitative estimate of drug-likeness (QED) is 0.846. The van der Waals surface area contributed by atoms with E-state index in [4.69, 9.17) is 45.4 Å². The predicted octanol–water partition coefficient (Wildman–Crippen LogP) is 3.71. The minimum Gasteiger partial charge on any atom is -0.384 e. The van der Waals surface area contributed by atoms with Gasteiger partial charge in [-0.05, 0) is 29.8 Å². The summed E-state index contributed by atoms with van der Waals surface area (Å²) in [6.07, 6.45) is -0.347. The number of amidine groups is 1. The molecule has 0 radical (unpaired) electrons. The molecule has 2 N–H and O–H groups in total. The van der Waals surface area contributed by atoms with Gasteiger partial charge in [-0.2, -0.15) is 8.78 Å². The number of nitrogens with zero attached hydrogens (tertiary/aromatic N) is 1. The maximum Gasteiger partial charge on any atom is 0.368 e. The van der Waals surface area contributed by atoms with Crippen LogP contribution in [0.25, 0.3) is 0 Å². The van der Waals surface area contributed by atoms with Crippen LogP contribution in [0, 0.1) is 0 Å². The van der Waals surface area contributed by atoms with E-state index >= 15 is 0 Å². The van der Waals surface area contributed by atoms with E-state index in [9.17, 15) is 8.78 Å². The second-order valence-corrected chi connectivity index (χ2v) is 5.18. The van der Waals surface area contributed by atoms with E-state index in [1.165, 1.54) is 18.2 Å². The van der Waals surface area contributed by atoms with Crippen LogP contribution in [0.1, 0.15) is 12.0 Å². The van der Waals surface area contributed by atoms with Crippen molar-refractivity contribution in [2.75, 3.05) is 0 Å². The molecule has 1 atom stereocenters. The third kappa shape index (κ3) is 2.22. The molecule has 0 aromatic heterocycles. The van der Waals surface area contributed by atoms with Crippen LogP contribution in [0.15, 0.2) is 23.4 Å². The molecule has 98 valence electrons. The van der Waals surface area contributed by atoms with Gasteiger partial charge in [0.05, 0.1) is 6.42 Å². The fraction of sp³-hybridized carbons (Fsp3) is 0.300. The molecule has 0 amide bonds. The molecular weight excluding hydrogens is 308 g/mol. The summed E-state index contributed by atoms with van der Waals surface area (Å²) in [6.45, 7) is 0. The third-order valence-electron chi connectivity index (χ3n) is 2.54. The zero-order chi connectivity index (χ0) is 13.6. The van der Waals surface area contributed by atoms with Gasteiger partial charge in [-0.3, -0.25) is 0 Å². The Morgan fingerprint density at radius 2 is 1.83 bits per heavy atom. The van der Waals surface area contributed by atoms with Crippen LogP contribution in [0.3, 0.4) is 0 Å². The van der Waals surface area contributed by atoms with Gasteiger partial charge < -0.3 is 10.6 Å². The lowest BCUT2D eigenvalue weighted by molar-refractivity contribution is -0.155. The number of nitrogens with two attached hydrogens (primary N) is 1. The van der Waals surface area contributed by atoms with Crippen LogP contribution in [0.5, 0.6) is 0 Å². The Labute approximate surface area is 116 Å². The van der Waals surface area contributed by atoms with Gasteiger partial charge in [-0.15, -0.1) is 0 Å². The second-order valence-electron chi connectivity index (χ2n) is 3.83. The van der Waals surface area contributed by atoms with Gasteiger partial charge in [-0.25, -0.2) is 0 Å². The minimum absolute atomic E-state index is 0.0178. The molecule has 2 rings (SSSR count). The van der Waals surface area contributed by atoms with Gasteiger partial charge in [0.25, 0.3) is 0 Å². The summed E-state index contributed by atoms with van der Waals surface area (Å²) >= 11 is 16.7. The summed E-state index contributed by atoms with van der Waals surface area (Å²) in [4.78, 5) is 4.78. The molecule has 8 heteroatoms. The fourth-order valence-electron chi connectivity index (χ4n) is 1.71. The number of alkyl halides is 3. The normalized spacial score (nSPS) is 23.7. The van der Waals surface area contributed by atoms with Crippen molar-refractivity contribution in [3.8, 4) is 0 Å². The lowest BCUT2D eigenvalue weighted by Gasteiger charge is -2.30. The molecule has 1 aliphatic rings. The molecule has 3 nitrogen and oxygen atoms in total. The van der Waals surface area contributed by atoms with Gasteiger partial charge in [-0.1, -0.05) is 28.4 Å². The van der Waals surface area contributed by atoms with Crippen LogP contribution in [-0.2, 0) is 10.4 Å². The van der Waals surface area contributed by atoms with Crippen molar-refractivity contribution >= 4 is 40.6 Å². The average Bonchev–Trinajstić information content (AvgIpc) is 2.59. The molecule has 18 heavy (non-hydrogen) atoms. The van der Waals surface area contributed by atoms with Gasteiger partial charge in [0.1, 0.15) is 5.84 Å². The summed E-state index contributed by atoms with van der Waals surface area (Å²) in [5, 5.41) is -0.00709. The minimum atomic E-state index is -3.72. The second kappa shape index (κ2) is 4.40. The highest BCUT2D eigenvalue weighted by Gasteiger charge is 2.60. The maximum absolute atomic E-state index is 13.6. The van der Waals surface area contributed by atoms with Gasteiger partial charge in [0, 0.05) is 15.6 Å². The van der Waals surface area contributed by atoms with Crippen molar-refractivity contribution in [2.45, 2.75) is 17.4 Å². The highest BCUT2D eigenvalue weighted by molar-refractivity contribution is 6.34. The van der Waals surface area contributed by atoms with E-state index < -0.39 is 11.0 Å². The lowest BCUT2D eigenvalue weighted by Crippen LogP contribution is -2.42. The first-order valence-corrected chi connectivity index (χ1v) is 5.92. The molecule has 1 aromatic rings. The third-order valence-corrected chi connectivity index (χ3v) is 3.28. The number of rotatable bonds is 2. The molecule has 1 heterocycles. The molecule has 0 saturated heterocycles. The van der Waals surface area contributed by atoms with Crippen molar-refractivity contribution in [3.63, 3.8) is 0 Å². The van der Waals surface area contributed by atoms with Crippen molar-refractivity contribution < 1.29 is 13.6 Å². The summed E-state index contributed by atoms with van der Waals surface area (Å²) < 4.78 is 27.3. The average molecular weight is 316 g/mol. The lowest BCUT2D eigenvalue weighted by atomic mass is 9.90. The number of hydrogen-bond donors (Lipinski definition) is 1. The molecule has 1 aliphatic heterocycles. The molecule has 0 aliphatic carbocycles. The van der Waals surface area contributed by atoms with Crippen molar-refractivity contribution in [1.29, 1.82) is 0 Å². The standard InChI is InChI=1S/C10H7Cl3F2N2O/c11-6-1-5(2-7(12)3-6)9(10(13,14)15)4-8(16)17-18-9/h1-3H,4H2,(H2,16,17). The van der Waals surface area contributed by atoms with E-state index in [0.717, 1.165) is 0 Å². The molecule has 0 bridgehead atoms. The van der Waals surface area contributed by atoms with Crippen LogP contribution in [0.2, 0.25) is 10.0 Å². The number of oxime groups is 1. The Kier molecular flexibility index (Phi) is 3.34. The van der Waals surface area contributed by atoms with E-state index in [-0.39, 0.29) is 27.9 Å². The molecule has 0 spiro atoms. The summed E-state index contributed by atoms with van der Waals surface area (Å²) in [7, 11) is 0. The Balaban J connectivity index is 2.55. The number of halogens is 5. The Bertz CT molecular complexity index is 498. The van der Waals surface area contributed by atoms with Crippen molar-refractivity contribution in [2.24, 2.45) is 10.9 Å². The van der Waals surface area contributed by atoms with Crippen LogP contribution in [-0.4, -0.2) is 11.2 Å². The topological polar surface area (TPSA) is 47.6 Å². The van der Waals surface area contributed by atoms with E-state index in [2.05, 4.69) is 5.16 Å². The van der Waals surface area contributed by atoms with E-state index in [0.29, 0.717) is 0 Å². The predicted molar refractivity (Wildman–Crippen MR) is 66.3 cm³/mol. The summed E-state index contributed by atoms with van der Waals surface area (Å²) in [5.74, 6) is -0.0774. The monoisotopic (exact) mass is 314 g/mol. The zero-order valence-electron chi connectivity index (χ0n) is 8.76. The van der Waals surface area contributed by atoms with Crippen LogP contribution >= 0.6 is 34.8 Å². The van der Waals surface area contributed by atoms with Crippen LogP contribution in [0.4, 0.5) is 8.78 Å². The first-order valence-electron chi connectivity index (χ1n) is 4.78. The Morgan fingerprint density at radius 1 is 1.28 bits per heavy atom. The highest BCUT2D eigenvalue weighted by atomic mass is 35.5. The summed E-state index contributed by atoms with van der Waals surface area (Å²) in [5.41, 5.74) is 3.22.